The highest BCUT2D eigenvalue weighted by Gasteiger charge is 2.37. The van der Waals surface area contributed by atoms with Crippen LogP contribution in [0.2, 0.25) is 0 Å². The number of carbonyl (C=O) groups excluding carboxylic acids is 1. The molecule has 0 aliphatic carbocycles. The van der Waals surface area contributed by atoms with Crippen molar-refractivity contribution < 1.29 is 9.53 Å². The second-order valence-electron chi connectivity index (χ2n) is 6.38. The first-order valence-electron chi connectivity index (χ1n) is 8.09. The van der Waals surface area contributed by atoms with Gasteiger partial charge in [0.05, 0.1) is 6.61 Å². The molecule has 0 radical (unpaired) electrons. The maximum absolute atomic E-state index is 12.2. The largest absolute Gasteiger partial charge is 0.465 e. The minimum atomic E-state index is -0.579. The maximum atomic E-state index is 12.2. The summed E-state index contributed by atoms with van der Waals surface area (Å²) in [5.74, 6) is 0.637. The van der Waals surface area contributed by atoms with Gasteiger partial charge in [-0.2, -0.15) is 0 Å². The highest BCUT2D eigenvalue weighted by atomic mass is 16.5. The molecule has 0 amide bonds. The average Bonchev–Trinajstić information content (AvgIpc) is 2.39. The molecule has 0 spiro atoms. The molecule has 4 nitrogen and oxygen atoms in total. The summed E-state index contributed by atoms with van der Waals surface area (Å²) in [6, 6.07) is 0.395. The summed E-state index contributed by atoms with van der Waals surface area (Å²) in [6.45, 7) is 13.9. The lowest BCUT2D eigenvalue weighted by Gasteiger charge is -2.39. The van der Waals surface area contributed by atoms with Crippen molar-refractivity contribution in [2.45, 2.75) is 65.5 Å². The zero-order valence-corrected chi connectivity index (χ0v) is 13.9. The number of nitrogens with one attached hydrogen (secondary N) is 1. The Hall–Kier alpha value is -0.610. The van der Waals surface area contributed by atoms with Crippen LogP contribution in [0, 0.1) is 5.92 Å². The van der Waals surface area contributed by atoms with E-state index < -0.39 is 5.54 Å². The van der Waals surface area contributed by atoms with Crippen LogP contribution in [-0.2, 0) is 9.53 Å². The molecule has 0 aromatic rings. The fourth-order valence-corrected chi connectivity index (χ4v) is 3.25. The third-order valence-electron chi connectivity index (χ3n) is 4.31. The summed E-state index contributed by atoms with van der Waals surface area (Å²) >= 11 is 0. The number of rotatable bonds is 7. The van der Waals surface area contributed by atoms with Crippen molar-refractivity contribution in [1.29, 1.82) is 0 Å². The molecule has 118 valence electrons. The Morgan fingerprint density at radius 1 is 1.50 bits per heavy atom. The first-order valence-corrected chi connectivity index (χ1v) is 8.09. The van der Waals surface area contributed by atoms with Crippen LogP contribution in [0.4, 0.5) is 0 Å². The zero-order chi connectivity index (χ0) is 15.2. The number of esters is 1. The predicted molar refractivity (Wildman–Crippen MR) is 82.8 cm³/mol. The second kappa shape index (κ2) is 7.99. The monoisotopic (exact) mass is 284 g/mol. The van der Waals surface area contributed by atoms with Crippen molar-refractivity contribution in [3.8, 4) is 0 Å². The second-order valence-corrected chi connectivity index (χ2v) is 6.38. The van der Waals surface area contributed by atoms with Gasteiger partial charge in [0.25, 0.3) is 0 Å². The van der Waals surface area contributed by atoms with Gasteiger partial charge < -0.3 is 15.0 Å². The topological polar surface area (TPSA) is 41.6 Å². The van der Waals surface area contributed by atoms with E-state index in [1.165, 1.54) is 12.8 Å². The van der Waals surface area contributed by atoms with Crippen molar-refractivity contribution in [3.05, 3.63) is 0 Å². The van der Waals surface area contributed by atoms with Crippen LogP contribution in [0.5, 0.6) is 0 Å². The number of ether oxygens (including phenoxy) is 1. The number of carbonyl (C=O) groups is 1. The molecule has 3 atom stereocenters. The average molecular weight is 284 g/mol. The Labute approximate surface area is 124 Å². The van der Waals surface area contributed by atoms with Crippen molar-refractivity contribution in [3.63, 3.8) is 0 Å². The Morgan fingerprint density at radius 2 is 2.20 bits per heavy atom. The van der Waals surface area contributed by atoms with E-state index in [4.69, 9.17) is 4.74 Å². The molecular weight excluding hydrogens is 252 g/mol. The lowest BCUT2D eigenvalue weighted by molar-refractivity contribution is -0.151. The fourth-order valence-electron chi connectivity index (χ4n) is 3.25. The third kappa shape index (κ3) is 4.74. The highest BCUT2D eigenvalue weighted by Crippen LogP contribution is 2.23. The van der Waals surface area contributed by atoms with E-state index in [2.05, 4.69) is 24.1 Å². The molecule has 0 bridgehead atoms. The summed E-state index contributed by atoms with van der Waals surface area (Å²) in [5, 5.41) is 3.32. The molecule has 1 aliphatic rings. The summed E-state index contributed by atoms with van der Waals surface area (Å²) in [7, 11) is 0. The predicted octanol–water partition coefficient (Wildman–Crippen LogP) is 2.43. The Balaban J connectivity index is 2.66. The van der Waals surface area contributed by atoms with Gasteiger partial charge in [-0.05, 0) is 59.0 Å². The fraction of sp³-hybridized carbons (Fsp3) is 0.938. The van der Waals surface area contributed by atoms with E-state index in [9.17, 15) is 4.79 Å². The smallest absolute Gasteiger partial charge is 0.326 e. The lowest BCUT2D eigenvalue weighted by Crippen LogP contribution is -2.55. The highest BCUT2D eigenvalue weighted by molar-refractivity contribution is 5.80. The van der Waals surface area contributed by atoms with Gasteiger partial charge in [0.1, 0.15) is 5.54 Å². The molecule has 1 rings (SSSR count). The molecule has 1 fully saturated rings. The first-order chi connectivity index (χ1) is 9.42. The van der Waals surface area contributed by atoms with E-state index in [-0.39, 0.29) is 5.97 Å². The minimum Gasteiger partial charge on any atom is -0.465 e. The van der Waals surface area contributed by atoms with Gasteiger partial charge in [0, 0.05) is 12.6 Å². The summed E-state index contributed by atoms with van der Waals surface area (Å²) < 4.78 is 5.25. The number of hydrogen-bond acceptors (Lipinski definition) is 4. The van der Waals surface area contributed by atoms with Crippen LogP contribution in [0.15, 0.2) is 0 Å². The van der Waals surface area contributed by atoms with Gasteiger partial charge in [-0.15, -0.1) is 0 Å². The van der Waals surface area contributed by atoms with E-state index in [0.717, 1.165) is 32.0 Å². The molecular formula is C16H32N2O2. The molecule has 0 aromatic carbocycles. The number of likely N-dealkylation sites (tertiary alicyclic amines) is 1. The van der Waals surface area contributed by atoms with Crippen LogP contribution < -0.4 is 5.32 Å². The van der Waals surface area contributed by atoms with E-state index >= 15 is 0 Å². The van der Waals surface area contributed by atoms with Crippen LogP contribution in [0.25, 0.3) is 0 Å². The van der Waals surface area contributed by atoms with Gasteiger partial charge in [-0.1, -0.05) is 13.8 Å². The molecule has 1 saturated heterocycles. The van der Waals surface area contributed by atoms with E-state index in [1.807, 2.05) is 20.8 Å². The zero-order valence-electron chi connectivity index (χ0n) is 13.9. The van der Waals surface area contributed by atoms with Gasteiger partial charge in [0.2, 0.25) is 0 Å². The van der Waals surface area contributed by atoms with E-state index in [0.29, 0.717) is 12.6 Å². The quantitative estimate of drug-likeness (QED) is 0.729. The lowest BCUT2D eigenvalue weighted by atomic mass is 9.90. The van der Waals surface area contributed by atoms with Crippen LogP contribution >= 0.6 is 0 Å². The van der Waals surface area contributed by atoms with Crippen LogP contribution in [0.3, 0.4) is 0 Å². The van der Waals surface area contributed by atoms with E-state index in [1.54, 1.807) is 0 Å². The van der Waals surface area contributed by atoms with Crippen molar-refractivity contribution in [1.82, 2.24) is 10.2 Å². The molecule has 0 saturated carbocycles. The molecule has 1 heterocycles. The molecule has 1 aliphatic heterocycles. The minimum absolute atomic E-state index is 0.126. The normalized spacial score (nSPS) is 24.9. The van der Waals surface area contributed by atoms with Gasteiger partial charge in [-0.3, -0.25) is 4.79 Å². The summed E-state index contributed by atoms with van der Waals surface area (Å²) in [4.78, 5) is 14.8. The van der Waals surface area contributed by atoms with Gasteiger partial charge >= 0.3 is 5.97 Å². The third-order valence-corrected chi connectivity index (χ3v) is 4.31. The van der Waals surface area contributed by atoms with Crippen molar-refractivity contribution >= 4 is 5.97 Å². The maximum Gasteiger partial charge on any atom is 0.326 e. The van der Waals surface area contributed by atoms with Gasteiger partial charge in [0.15, 0.2) is 0 Å². The number of nitrogens with zero attached hydrogens (tertiary/aromatic N) is 1. The van der Waals surface area contributed by atoms with Crippen molar-refractivity contribution in [2.24, 2.45) is 5.92 Å². The first kappa shape index (κ1) is 17.4. The molecule has 4 heteroatoms. The summed E-state index contributed by atoms with van der Waals surface area (Å²) in [6.07, 6.45) is 3.39. The van der Waals surface area contributed by atoms with Gasteiger partial charge in [-0.25, -0.2) is 0 Å². The number of piperidine rings is 1. The molecule has 20 heavy (non-hydrogen) atoms. The number of hydrogen-bond donors (Lipinski definition) is 1. The molecule has 1 N–H and O–H groups in total. The Bertz CT molecular complexity index is 309. The molecule has 0 aromatic heterocycles. The standard InChI is InChI=1S/C16H32N2O2/c1-6-17-16(5,15(19)20-7-2)11-14(4)18-10-8-9-13(3)12-18/h13-14,17H,6-12H2,1-5H3. The van der Waals surface area contributed by atoms with Crippen molar-refractivity contribution in [2.75, 3.05) is 26.2 Å². The Kier molecular flexibility index (Phi) is 6.96. The Morgan fingerprint density at radius 3 is 2.75 bits per heavy atom. The van der Waals surface area contributed by atoms with Crippen LogP contribution in [-0.4, -0.2) is 48.7 Å². The SMILES string of the molecule is CCNC(C)(CC(C)N1CCCC(C)C1)C(=O)OCC. The number of likely N-dealkylation sites (N-methyl/N-ethyl adjacent to an activating group) is 1. The molecule has 3 unspecified atom stereocenters. The van der Waals surface area contributed by atoms with Crippen LogP contribution in [0.1, 0.15) is 53.9 Å². The summed E-state index contributed by atoms with van der Waals surface area (Å²) in [5.41, 5.74) is -0.579.